The molecule has 90 valence electrons. The number of anilines is 1. The zero-order valence-corrected chi connectivity index (χ0v) is 10.6. The number of halogens is 1. The van der Waals surface area contributed by atoms with Gasteiger partial charge in [-0.2, -0.15) is 0 Å². The minimum atomic E-state index is 0.415. The molecule has 5 nitrogen and oxygen atoms in total. The minimum absolute atomic E-state index is 0.415. The molecule has 2 rings (SSSR count). The molecule has 2 heterocycles. The Morgan fingerprint density at radius 1 is 1.29 bits per heavy atom. The summed E-state index contributed by atoms with van der Waals surface area (Å²) in [6, 6.07) is 0. The van der Waals surface area contributed by atoms with Crippen LogP contribution in [0.15, 0.2) is 18.7 Å². The van der Waals surface area contributed by atoms with E-state index in [0.717, 1.165) is 24.5 Å². The van der Waals surface area contributed by atoms with E-state index in [0.29, 0.717) is 11.0 Å². The molecule has 0 unspecified atom stereocenters. The molecule has 0 aliphatic rings. The van der Waals surface area contributed by atoms with E-state index in [-0.39, 0.29) is 0 Å². The van der Waals surface area contributed by atoms with E-state index in [9.17, 15) is 0 Å². The number of nitrogens with zero attached hydrogens (tertiary/aromatic N) is 4. The van der Waals surface area contributed by atoms with Gasteiger partial charge in [0.25, 0.3) is 0 Å². The maximum absolute atomic E-state index is 6.01. The van der Waals surface area contributed by atoms with Crippen LogP contribution < -0.4 is 5.32 Å². The topological polar surface area (TPSA) is 55.6 Å². The molecule has 2 aromatic rings. The summed E-state index contributed by atoms with van der Waals surface area (Å²) in [6.07, 6.45) is 5.44. The summed E-state index contributed by atoms with van der Waals surface area (Å²) in [5, 5.41) is 3.58. The van der Waals surface area contributed by atoms with Crippen LogP contribution in [-0.2, 0) is 6.54 Å². The molecule has 0 saturated heterocycles. The first kappa shape index (κ1) is 11.9. The summed E-state index contributed by atoms with van der Waals surface area (Å²) in [5.74, 6) is 0.634. The summed E-state index contributed by atoms with van der Waals surface area (Å²) in [4.78, 5) is 12.5. The lowest BCUT2D eigenvalue weighted by atomic mass is 10.3. The maximum Gasteiger partial charge on any atom is 0.171 e. The minimum Gasteiger partial charge on any atom is -0.366 e. The SMILES string of the molecule is Cc1nc(Cl)c(NCCn2ccnc2)nc1C. The molecule has 0 fully saturated rings. The molecular formula is C11H14ClN5. The van der Waals surface area contributed by atoms with Crippen molar-refractivity contribution in [2.75, 3.05) is 11.9 Å². The molecule has 0 spiro atoms. The molecular weight excluding hydrogens is 238 g/mol. The van der Waals surface area contributed by atoms with Crippen molar-refractivity contribution >= 4 is 17.4 Å². The maximum atomic E-state index is 6.01. The van der Waals surface area contributed by atoms with Crippen molar-refractivity contribution in [1.29, 1.82) is 0 Å². The van der Waals surface area contributed by atoms with E-state index in [4.69, 9.17) is 11.6 Å². The van der Waals surface area contributed by atoms with E-state index in [1.807, 2.05) is 24.6 Å². The van der Waals surface area contributed by atoms with E-state index >= 15 is 0 Å². The summed E-state index contributed by atoms with van der Waals surface area (Å²) in [5.41, 5.74) is 1.75. The van der Waals surface area contributed by atoms with Crippen molar-refractivity contribution in [3.05, 3.63) is 35.3 Å². The van der Waals surface area contributed by atoms with Gasteiger partial charge < -0.3 is 9.88 Å². The summed E-state index contributed by atoms with van der Waals surface area (Å²) < 4.78 is 1.98. The predicted octanol–water partition coefficient (Wildman–Crippen LogP) is 2.06. The van der Waals surface area contributed by atoms with Gasteiger partial charge in [0.05, 0.1) is 17.7 Å². The second kappa shape index (κ2) is 5.14. The van der Waals surface area contributed by atoms with Crippen molar-refractivity contribution in [2.24, 2.45) is 0 Å². The number of hydrogen-bond donors (Lipinski definition) is 1. The Morgan fingerprint density at radius 3 is 2.76 bits per heavy atom. The Balaban J connectivity index is 1.97. The van der Waals surface area contributed by atoms with Gasteiger partial charge in [0.2, 0.25) is 0 Å². The monoisotopic (exact) mass is 251 g/mol. The standard InChI is InChI=1S/C11H14ClN5/c1-8-9(2)16-11(10(12)15-8)14-4-6-17-5-3-13-7-17/h3,5,7H,4,6H2,1-2H3,(H,14,16). The van der Waals surface area contributed by atoms with Crippen molar-refractivity contribution in [3.63, 3.8) is 0 Å². The number of nitrogens with one attached hydrogen (secondary N) is 1. The molecule has 0 radical (unpaired) electrons. The zero-order valence-electron chi connectivity index (χ0n) is 9.81. The highest BCUT2D eigenvalue weighted by Gasteiger charge is 2.05. The molecule has 0 bridgehead atoms. The van der Waals surface area contributed by atoms with E-state index in [2.05, 4.69) is 20.3 Å². The molecule has 6 heteroatoms. The average Bonchev–Trinajstić information content (AvgIpc) is 2.78. The first-order valence-electron chi connectivity index (χ1n) is 5.37. The van der Waals surface area contributed by atoms with Crippen LogP contribution in [0.1, 0.15) is 11.4 Å². The fraction of sp³-hybridized carbons (Fsp3) is 0.364. The Labute approximate surface area is 105 Å². The predicted molar refractivity (Wildman–Crippen MR) is 67.2 cm³/mol. The Bertz CT molecular complexity index is 495. The van der Waals surface area contributed by atoms with Crippen LogP contribution in [0.5, 0.6) is 0 Å². The molecule has 2 aromatic heterocycles. The number of rotatable bonds is 4. The fourth-order valence-electron chi connectivity index (χ4n) is 1.41. The Morgan fingerprint density at radius 2 is 2.06 bits per heavy atom. The third kappa shape index (κ3) is 2.94. The molecule has 0 amide bonds. The van der Waals surface area contributed by atoms with Gasteiger partial charge in [-0.15, -0.1) is 0 Å². The first-order chi connectivity index (χ1) is 8.16. The highest BCUT2D eigenvalue weighted by molar-refractivity contribution is 6.31. The van der Waals surface area contributed by atoms with Crippen LogP contribution in [0.3, 0.4) is 0 Å². The number of aromatic nitrogens is 4. The number of imidazole rings is 1. The molecule has 17 heavy (non-hydrogen) atoms. The molecule has 0 aliphatic carbocycles. The zero-order chi connectivity index (χ0) is 12.3. The van der Waals surface area contributed by atoms with E-state index in [1.54, 1.807) is 12.5 Å². The van der Waals surface area contributed by atoms with Crippen molar-refractivity contribution in [2.45, 2.75) is 20.4 Å². The van der Waals surface area contributed by atoms with Gasteiger partial charge in [-0.05, 0) is 13.8 Å². The average molecular weight is 252 g/mol. The van der Waals surface area contributed by atoms with E-state index in [1.165, 1.54) is 0 Å². The lowest BCUT2D eigenvalue weighted by molar-refractivity contribution is 0.724. The quantitative estimate of drug-likeness (QED) is 0.904. The van der Waals surface area contributed by atoms with Crippen molar-refractivity contribution in [1.82, 2.24) is 19.5 Å². The van der Waals surface area contributed by atoms with Crippen LogP contribution in [0.25, 0.3) is 0 Å². The Kier molecular flexibility index (Phi) is 3.58. The smallest absolute Gasteiger partial charge is 0.171 e. The van der Waals surface area contributed by atoms with Crippen LogP contribution in [-0.4, -0.2) is 26.1 Å². The van der Waals surface area contributed by atoms with Crippen LogP contribution >= 0.6 is 11.6 Å². The van der Waals surface area contributed by atoms with Gasteiger partial charge in [0, 0.05) is 25.5 Å². The molecule has 0 saturated carbocycles. The molecule has 0 atom stereocenters. The summed E-state index contributed by atoms with van der Waals surface area (Å²) in [7, 11) is 0. The van der Waals surface area contributed by atoms with Crippen LogP contribution in [0.4, 0.5) is 5.82 Å². The van der Waals surface area contributed by atoms with Gasteiger partial charge in [-0.1, -0.05) is 11.6 Å². The van der Waals surface area contributed by atoms with Crippen molar-refractivity contribution < 1.29 is 0 Å². The highest BCUT2D eigenvalue weighted by atomic mass is 35.5. The number of hydrogen-bond acceptors (Lipinski definition) is 4. The van der Waals surface area contributed by atoms with E-state index < -0.39 is 0 Å². The number of aryl methyl sites for hydroxylation is 2. The van der Waals surface area contributed by atoms with Gasteiger partial charge in [-0.3, -0.25) is 0 Å². The summed E-state index contributed by atoms with van der Waals surface area (Å²) in [6.45, 7) is 5.35. The van der Waals surface area contributed by atoms with Gasteiger partial charge in [-0.25, -0.2) is 15.0 Å². The Hall–Kier alpha value is -1.62. The first-order valence-corrected chi connectivity index (χ1v) is 5.75. The van der Waals surface area contributed by atoms with Crippen molar-refractivity contribution in [3.8, 4) is 0 Å². The second-order valence-corrected chi connectivity index (χ2v) is 4.12. The lowest BCUT2D eigenvalue weighted by Crippen LogP contribution is -2.11. The van der Waals surface area contributed by atoms with Crippen LogP contribution in [0, 0.1) is 13.8 Å². The second-order valence-electron chi connectivity index (χ2n) is 3.76. The molecule has 0 aliphatic heterocycles. The normalized spacial score (nSPS) is 10.5. The molecule has 0 aromatic carbocycles. The third-order valence-electron chi connectivity index (χ3n) is 2.49. The third-order valence-corrected chi connectivity index (χ3v) is 2.75. The largest absolute Gasteiger partial charge is 0.366 e. The lowest BCUT2D eigenvalue weighted by Gasteiger charge is -2.09. The van der Waals surface area contributed by atoms with Gasteiger partial charge in [0.1, 0.15) is 0 Å². The fourth-order valence-corrected chi connectivity index (χ4v) is 1.65. The highest BCUT2D eigenvalue weighted by Crippen LogP contribution is 2.17. The summed E-state index contributed by atoms with van der Waals surface area (Å²) >= 11 is 6.01. The molecule has 1 N–H and O–H groups in total. The van der Waals surface area contributed by atoms with Gasteiger partial charge in [0.15, 0.2) is 11.0 Å². The van der Waals surface area contributed by atoms with Gasteiger partial charge >= 0.3 is 0 Å². The van der Waals surface area contributed by atoms with Crippen LogP contribution in [0.2, 0.25) is 5.15 Å².